The van der Waals surface area contributed by atoms with Crippen molar-refractivity contribution in [1.82, 2.24) is 14.6 Å². The first-order valence-corrected chi connectivity index (χ1v) is 12.0. The number of benzene rings is 2. The lowest BCUT2D eigenvalue weighted by Crippen LogP contribution is -2.39. The van der Waals surface area contributed by atoms with Gasteiger partial charge < -0.3 is 10.2 Å². The normalized spacial score (nSPS) is 14.5. The van der Waals surface area contributed by atoms with Gasteiger partial charge in [0, 0.05) is 53.1 Å². The summed E-state index contributed by atoms with van der Waals surface area (Å²) in [6.07, 6.45) is 1.56. The summed E-state index contributed by atoms with van der Waals surface area (Å²) in [6.45, 7) is 7.79. The molecule has 0 atom stereocenters. The number of amides is 1. The van der Waals surface area contributed by atoms with Crippen LogP contribution in [0.15, 0.2) is 54.6 Å². The zero-order valence-electron chi connectivity index (χ0n) is 19.7. The highest BCUT2D eigenvalue weighted by atomic mass is 35.5. The van der Waals surface area contributed by atoms with Gasteiger partial charge in [-0.3, -0.25) is 4.79 Å². The van der Waals surface area contributed by atoms with E-state index in [1.54, 1.807) is 12.1 Å². The van der Waals surface area contributed by atoms with E-state index in [2.05, 4.69) is 54.4 Å². The molecule has 4 aromatic rings. The first-order valence-electron chi connectivity index (χ1n) is 11.6. The maximum absolute atomic E-state index is 12.8. The monoisotopic (exact) mass is 473 g/mol. The number of fused-ring (bicyclic) bond motifs is 1. The molecule has 1 aliphatic heterocycles. The van der Waals surface area contributed by atoms with Crippen molar-refractivity contribution in [2.75, 3.05) is 23.3 Å². The second-order valence-corrected chi connectivity index (χ2v) is 9.63. The highest BCUT2D eigenvalue weighted by Crippen LogP contribution is 2.28. The molecule has 174 valence electrons. The topological polar surface area (TPSA) is 62.5 Å². The van der Waals surface area contributed by atoms with Crippen molar-refractivity contribution < 1.29 is 4.79 Å². The SMILES string of the molecule is Cc1cc(C)cc(-c2cc3nc(C)cc(N4CCC(C(=O)Nc5cccc(Cl)c5)CC4)n3n2)c1. The van der Waals surface area contributed by atoms with Crippen molar-refractivity contribution in [3.05, 3.63) is 76.4 Å². The Bertz CT molecular complexity index is 1350. The highest BCUT2D eigenvalue weighted by molar-refractivity contribution is 6.30. The van der Waals surface area contributed by atoms with Crippen LogP contribution in [0.5, 0.6) is 0 Å². The van der Waals surface area contributed by atoms with E-state index in [0.717, 1.165) is 60.0 Å². The maximum atomic E-state index is 12.8. The van der Waals surface area contributed by atoms with Crippen molar-refractivity contribution in [2.24, 2.45) is 5.92 Å². The lowest BCUT2D eigenvalue weighted by Gasteiger charge is -2.33. The number of aryl methyl sites for hydroxylation is 3. The Kier molecular flexibility index (Phi) is 6.00. The van der Waals surface area contributed by atoms with Crippen LogP contribution < -0.4 is 10.2 Å². The number of halogens is 1. The number of hydrogen-bond acceptors (Lipinski definition) is 4. The summed E-state index contributed by atoms with van der Waals surface area (Å²) in [5.74, 6) is 1.04. The molecule has 0 spiro atoms. The van der Waals surface area contributed by atoms with Gasteiger partial charge in [-0.15, -0.1) is 0 Å². The minimum absolute atomic E-state index is 0.0305. The fourth-order valence-electron chi connectivity index (χ4n) is 4.75. The summed E-state index contributed by atoms with van der Waals surface area (Å²) in [7, 11) is 0. The summed E-state index contributed by atoms with van der Waals surface area (Å²) in [6, 6.07) is 17.9. The lowest BCUT2D eigenvalue weighted by atomic mass is 9.95. The Morgan fingerprint density at radius 2 is 1.74 bits per heavy atom. The summed E-state index contributed by atoms with van der Waals surface area (Å²) < 4.78 is 1.94. The van der Waals surface area contributed by atoms with Crippen LogP contribution in [0, 0.1) is 26.7 Å². The molecule has 7 heteroatoms. The minimum Gasteiger partial charge on any atom is -0.356 e. The number of rotatable bonds is 4. The Morgan fingerprint density at radius 1 is 1.00 bits per heavy atom. The molecule has 1 aliphatic rings. The van der Waals surface area contributed by atoms with Crippen LogP contribution in [0.2, 0.25) is 5.02 Å². The van der Waals surface area contributed by atoms with E-state index >= 15 is 0 Å². The number of carbonyl (C=O) groups is 1. The van der Waals surface area contributed by atoms with Gasteiger partial charge in [-0.25, -0.2) is 4.98 Å². The van der Waals surface area contributed by atoms with E-state index in [-0.39, 0.29) is 11.8 Å². The Balaban J connectivity index is 1.35. The highest BCUT2D eigenvalue weighted by Gasteiger charge is 2.27. The van der Waals surface area contributed by atoms with E-state index in [9.17, 15) is 4.79 Å². The molecule has 0 aliphatic carbocycles. The van der Waals surface area contributed by atoms with Gasteiger partial charge in [0.25, 0.3) is 0 Å². The molecule has 6 nitrogen and oxygen atoms in total. The average molecular weight is 474 g/mol. The zero-order chi connectivity index (χ0) is 23.8. The number of nitrogens with one attached hydrogen (secondary N) is 1. The molecule has 1 fully saturated rings. The van der Waals surface area contributed by atoms with E-state index in [1.165, 1.54) is 11.1 Å². The molecule has 0 bridgehead atoms. The molecular formula is C27H28ClN5O. The second kappa shape index (κ2) is 9.11. The third-order valence-corrected chi connectivity index (χ3v) is 6.57. The van der Waals surface area contributed by atoms with Crippen molar-refractivity contribution in [1.29, 1.82) is 0 Å². The van der Waals surface area contributed by atoms with E-state index in [4.69, 9.17) is 21.7 Å². The number of carbonyl (C=O) groups excluding carboxylic acids is 1. The molecule has 0 radical (unpaired) electrons. The van der Waals surface area contributed by atoms with Crippen molar-refractivity contribution in [3.8, 4) is 11.3 Å². The predicted molar refractivity (Wildman–Crippen MR) is 138 cm³/mol. The van der Waals surface area contributed by atoms with Crippen LogP contribution in [0.4, 0.5) is 11.5 Å². The molecule has 5 rings (SSSR count). The largest absolute Gasteiger partial charge is 0.356 e. The molecule has 3 heterocycles. The number of nitrogens with zero attached hydrogens (tertiary/aromatic N) is 4. The standard InChI is InChI=1S/C27H28ClN5O/c1-17-11-18(2)13-21(12-17)24-16-25-29-19(3)14-26(33(25)31-24)32-9-7-20(8-10-32)27(34)30-23-6-4-5-22(28)15-23/h4-6,11-16,20H,7-10H2,1-3H3,(H,30,34). The first kappa shape index (κ1) is 22.4. The van der Waals surface area contributed by atoms with E-state index in [0.29, 0.717) is 5.02 Å². The maximum Gasteiger partial charge on any atom is 0.227 e. The number of piperidine rings is 1. The third-order valence-electron chi connectivity index (χ3n) is 6.34. The molecule has 1 amide bonds. The predicted octanol–water partition coefficient (Wildman–Crippen LogP) is 5.83. The van der Waals surface area contributed by atoms with Crippen molar-refractivity contribution >= 4 is 34.7 Å². The lowest BCUT2D eigenvalue weighted by molar-refractivity contribution is -0.120. The summed E-state index contributed by atoms with van der Waals surface area (Å²) >= 11 is 6.05. The van der Waals surface area contributed by atoms with Gasteiger partial charge in [0.2, 0.25) is 5.91 Å². The van der Waals surface area contributed by atoms with Crippen molar-refractivity contribution in [3.63, 3.8) is 0 Å². The number of aromatic nitrogens is 3. The average Bonchev–Trinajstić information content (AvgIpc) is 3.22. The number of hydrogen-bond donors (Lipinski definition) is 1. The van der Waals surface area contributed by atoms with Gasteiger partial charge in [0.05, 0.1) is 5.69 Å². The molecule has 0 unspecified atom stereocenters. The van der Waals surface area contributed by atoms with Gasteiger partial charge in [-0.2, -0.15) is 9.61 Å². The Morgan fingerprint density at radius 3 is 2.44 bits per heavy atom. The van der Waals surface area contributed by atoms with Crippen LogP contribution in [0.1, 0.15) is 29.7 Å². The van der Waals surface area contributed by atoms with Crippen LogP contribution in [0.25, 0.3) is 16.9 Å². The van der Waals surface area contributed by atoms with Crippen molar-refractivity contribution in [2.45, 2.75) is 33.6 Å². The van der Waals surface area contributed by atoms with E-state index < -0.39 is 0 Å². The number of anilines is 2. The first-order chi connectivity index (χ1) is 16.4. The Hall–Kier alpha value is -3.38. The second-order valence-electron chi connectivity index (χ2n) is 9.19. The fraction of sp³-hybridized carbons (Fsp3) is 0.296. The van der Waals surface area contributed by atoms with Gasteiger partial charge in [0.1, 0.15) is 5.82 Å². The van der Waals surface area contributed by atoms with E-state index in [1.807, 2.05) is 23.6 Å². The quantitative estimate of drug-likeness (QED) is 0.405. The summed E-state index contributed by atoms with van der Waals surface area (Å²) in [4.78, 5) is 19.8. The molecular weight excluding hydrogens is 446 g/mol. The van der Waals surface area contributed by atoms with Crippen LogP contribution >= 0.6 is 11.6 Å². The smallest absolute Gasteiger partial charge is 0.227 e. The fourth-order valence-corrected chi connectivity index (χ4v) is 4.94. The van der Waals surface area contributed by atoms with Gasteiger partial charge in [-0.05, 0) is 63.9 Å². The molecule has 0 saturated carbocycles. The van der Waals surface area contributed by atoms with Gasteiger partial charge in [-0.1, -0.05) is 34.9 Å². The summed E-state index contributed by atoms with van der Waals surface area (Å²) in [5.41, 5.74) is 6.98. The molecule has 2 aromatic heterocycles. The molecule has 1 N–H and O–H groups in total. The van der Waals surface area contributed by atoms with Crippen LogP contribution in [-0.4, -0.2) is 33.6 Å². The molecule has 1 saturated heterocycles. The Labute approximate surface area is 204 Å². The minimum atomic E-state index is -0.0305. The van der Waals surface area contributed by atoms with Gasteiger partial charge in [0.15, 0.2) is 5.65 Å². The van der Waals surface area contributed by atoms with Gasteiger partial charge >= 0.3 is 0 Å². The molecule has 2 aromatic carbocycles. The zero-order valence-corrected chi connectivity index (χ0v) is 20.4. The van der Waals surface area contributed by atoms with Crippen LogP contribution in [-0.2, 0) is 4.79 Å². The summed E-state index contributed by atoms with van der Waals surface area (Å²) in [5, 5.41) is 8.54. The molecule has 34 heavy (non-hydrogen) atoms. The van der Waals surface area contributed by atoms with Crippen LogP contribution in [0.3, 0.4) is 0 Å². The third kappa shape index (κ3) is 4.64.